The summed E-state index contributed by atoms with van der Waals surface area (Å²) in [5.74, 6) is 0.0248. The van der Waals surface area contributed by atoms with Crippen LogP contribution in [0.2, 0.25) is 0 Å². The van der Waals surface area contributed by atoms with Crippen molar-refractivity contribution in [2.24, 2.45) is 0 Å². The van der Waals surface area contributed by atoms with Crippen LogP contribution in [-0.4, -0.2) is 51.0 Å². The summed E-state index contributed by atoms with van der Waals surface area (Å²) in [5.41, 5.74) is -0.0392. The van der Waals surface area contributed by atoms with Crippen LogP contribution < -0.4 is 10.6 Å². The Morgan fingerprint density at radius 2 is 2.33 bits per heavy atom. The van der Waals surface area contributed by atoms with Crippen molar-refractivity contribution in [1.29, 1.82) is 0 Å². The van der Waals surface area contributed by atoms with Crippen LogP contribution in [0.1, 0.15) is 33.1 Å². The molecule has 0 aromatic carbocycles. The highest BCUT2D eigenvalue weighted by atomic mass is 16.5. The van der Waals surface area contributed by atoms with Crippen LogP contribution >= 0.6 is 0 Å². The number of nitrogens with one attached hydrogen (secondary N) is 2. The number of ether oxygens (including phenoxy) is 2. The minimum atomic E-state index is -0.0392. The van der Waals surface area contributed by atoms with Gasteiger partial charge in [-0.25, -0.2) is 0 Å². The molecule has 1 aliphatic rings. The van der Waals surface area contributed by atoms with E-state index in [1.807, 2.05) is 0 Å². The highest BCUT2D eigenvalue weighted by Crippen LogP contribution is 2.27. The summed E-state index contributed by atoms with van der Waals surface area (Å²) >= 11 is 0. The Kier molecular flexibility index (Phi) is 6.60. The van der Waals surface area contributed by atoms with Crippen LogP contribution in [0.5, 0.6) is 0 Å². The quantitative estimate of drug-likeness (QED) is 0.660. The van der Waals surface area contributed by atoms with Gasteiger partial charge < -0.3 is 20.1 Å². The van der Waals surface area contributed by atoms with E-state index in [0.717, 1.165) is 25.9 Å². The Morgan fingerprint density at radius 3 is 3.00 bits per heavy atom. The van der Waals surface area contributed by atoms with E-state index < -0.39 is 0 Å². The first-order valence-corrected chi connectivity index (χ1v) is 6.72. The third-order valence-corrected chi connectivity index (χ3v) is 3.52. The fourth-order valence-electron chi connectivity index (χ4n) is 2.14. The molecular weight excluding hydrogens is 232 g/mol. The van der Waals surface area contributed by atoms with Gasteiger partial charge >= 0.3 is 0 Å². The first-order valence-electron chi connectivity index (χ1n) is 6.72. The van der Waals surface area contributed by atoms with Gasteiger partial charge in [0.05, 0.1) is 18.8 Å². The lowest BCUT2D eigenvalue weighted by Gasteiger charge is -2.38. The molecular formula is C13H26N2O3. The molecule has 0 aromatic heterocycles. The van der Waals surface area contributed by atoms with Crippen LogP contribution in [0.3, 0.4) is 0 Å². The highest BCUT2D eigenvalue weighted by Gasteiger charge is 2.31. The van der Waals surface area contributed by atoms with Crippen molar-refractivity contribution in [3.63, 3.8) is 0 Å². The molecule has 5 heteroatoms. The van der Waals surface area contributed by atoms with Crippen molar-refractivity contribution >= 4 is 5.91 Å². The van der Waals surface area contributed by atoms with E-state index in [-0.39, 0.29) is 11.5 Å². The van der Waals surface area contributed by atoms with Gasteiger partial charge in [-0.05, 0) is 26.2 Å². The normalized spacial score (nSPS) is 28.1. The number of carbonyl (C=O) groups excluding carboxylic acids is 1. The zero-order valence-electron chi connectivity index (χ0n) is 11.8. The van der Waals surface area contributed by atoms with Crippen molar-refractivity contribution < 1.29 is 14.3 Å². The van der Waals surface area contributed by atoms with Gasteiger partial charge in [0.2, 0.25) is 5.91 Å². The Labute approximate surface area is 110 Å². The first kappa shape index (κ1) is 15.4. The number of hydrogen-bond donors (Lipinski definition) is 2. The van der Waals surface area contributed by atoms with Gasteiger partial charge in [0.25, 0.3) is 0 Å². The zero-order chi connectivity index (χ0) is 13.4. The summed E-state index contributed by atoms with van der Waals surface area (Å²) in [6, 6.07) is 0.372. The van der Waals surface area contributed by atoms with E-state index in [4.69, 9.17) is 9.47 Å². The van der Waals surface area contributed by atoms with Crippen molar-refractivity contribution in [2.75, 3.05) is 33.4 Å². The number of carbonyl (C=O) groups is 1. The molecule has 0 spiro atoms. The SMILES string of the molecule is CCC1(C)CC(NCC(=O)NCCOC)CCO1. The smallest absolute Gasteiger partial charge is 0.234 e. The largest absolute Gasteiger partial charge is 0.383 e. The van der Waals surface area contributed by atoms with Crippen LogP contribution in [0.4, 0.5) is 0 Å². The van der Waals surface area contributed by atoms with E-state index >= 15 is 0 Å². The maximum absolute atomic E-state index is 11.5. The van der Waals surface area contributed by atoms with E-state index in [9.17, 15) is 4.79 Å². The molecule has 1 amide bonds. The van der Waals surface area contributed by atoms with Gasteiger partial charge in [0, 0.05) is 26.3 Å². The minimum absolute atomic E-state index is 0.0248. The maximum Gasteiger partial charge on any atom is 0.234 e. The molecule has 2 unspecified atom stereocenters. The third kappa shape index (κ3) is 5.33. The predicted molar refractivity (Wildman–Crippen MR) is 70.6 cm³/mol. The van der Waals surface area contributed by atoms with Crippen molar-refractivity contribution in [3.05, 3.63) is 0 Å². The lowest BCUT2D eigenvalue weighted by molar-refractivity contribution is -0.121. The van der Waals surface area contributed by atoms with E-state index in [0.29, 0.717) is 25.7 Å². The summed E-state index contributed by atoms with van der Waals surface area (Å²) in [5, 5.41) is 6.11. The molecule has 1 rings (SSSR count). The lowest BCUT2D eigenvalue weighted by atomic mass is 9.90. The molecule has 0 saturated carbocycles. The molecule has 18 heavy (non-hydrogen) atoms. The lowest BCUT2D eigenvalue weighted by Crippen LogP contribution is -2.47. The molecule has 2 N–H and O–H groups in total. The fourth-order valence-corrected chi connectivity index (χ4v) is 2.14. The summed E-state index contributed by atoms with van der Waals surface area (Å²) in [7, 11) is 1.62. The Morgan fingerprint density at radius 1 is 1.56 bits per heavy atom. The Balaban J connectivity index is 2.20. The second-order valence-corrected chi connectivity index (χ2v) is 5.07. The number of rotatable bonds is 7. The van der Waals surface area contributed by atoms with Gasteiger partial charge in [0.15, 0.2) is 0 Å². The monoisotopic (exact) mass is 258 g/mol. The molecule has 1 heterocycles. The maximum atomic E-state index is 11.5. The third-order valence-electron chi connectivity index (χ3n) is 3.52. The van der Waals surface area contributed by atoms with Crippen LogP contribution in [0.25, 0.3) is 0 Å². The summed E-state index contributed by atoms with van der Waals surface area (Å²) in [6.07, 6.45) is 2.95. The van der Waals surface area contributed by atoms with Crippen molar-refractivity contribution in [3.8, 4) is 0 Å². The fraction of sp³-hybridized carbons (Fsp3) is 0.923. The van der Waals surface area contributed by atoms with Gasteiger partial charge in [0.1, 0.15) is 0 Å². The summed E-state index contributed by atoms with van der Waals surface area (Å²) in [6.45, 7) is 6.54. The second kappa shape index (κ2) is 7.71. The Bertz CT molecular complexity index is 261. The first-order chi connectivity index (χ1) is 8.59. The molecule has 5 nitrogen and oxygen atoms in total. The second-order valence-electron chi connectivity index (χ2n) is 5.07. The topological polar surface area (TPSA) is 59.6 Å². The zero-order valence-corrected chi connectivity index (χ0v) is 11.8. The van der Waals surface area contributed by atoms with E-state index in [2.05, 4.69) is 24.5 Å². The molecule has 0 aromatic rings. The average Bonchev–Trinajstić information content (AvgIpc) is 2.37. The minimum Gasteiger partial charge on any atom is -0.383 e. The predicted octanol–water partition coefficient (Wildman–Crippen LogP) is 0.686. The Hall–Kier alpha value is -0.650. The van der Waals surface area contributed by atoms with Crippen LogP contribution in [0.15, 0.2) is 0 Å². The number of methoxy groups -OCH3 is 1. The van der Waals surface area contributed by atoms with Crippen LogP contribution in [0, 0.1) is 0 Å². The summed E-state index contributed by atoms with van der Waals surface area (Å²) < 4.78 is 10.7. The molecule has 1 saturated heterocycles. The van der Waals surface area contributed by atoms with Gasteiger partial charge in [-0.15, -0.1) is 0 Å². The molecule has 106 valence electrons. The number of hydrogen-bond acceptors (Lipinski definition) is 4. The van der Waals surface area contributed by atoms with E-state index in [1.54, 1.807) is 7.11 Å². The summed E-state index contributed by atoms with van der Waals surface area (Å²) in [4.78, 5) is 11.5. The van der Waals surface area contributed by atoms with Gasteiger partial charge in [-0.2, -0.15) is 0 Å². The average molecular weight is 258 g/mol. The molecule has 0 aliphatic carbocycles. The standard InChI is InChI=1S/C13H26N2O3/c1-4-13(2)9-11(5-7-18-13)15-10-12(16)14-6-8-17-3/h11,15H,4-10H2,1-3H3,(H,14,16). The highest BCUT2D eigenvalue weighted by molar-refractivity contribution is 5.77. The molecule has 2 atom stereocenters. The molecule has 0 radical (unpaired) electrons. The van der Waals surface area contributed by atoms with Crippen LogP contribution in [-0.2, 0) is 14.3 Å². The molecule has 1 fully saturated rings. The van der Waals surface area contributed by atoms with Crippen molar-refractivity contribution in [1.82, 2.24) is 10.6 Å². The number of amides is 1. The molecule has 1 aliphatic heterocycles. The molecule has 0 bridgehead atoms. The van der Waals surface area contributed by atoms with E-state index in [1.165, 1.54) is 0 Å². The van der Waals surface area contributed by atoms with Gasteiger partial charge in [-0.1, -0.05) is 6.92 Å². The van der Waals surface area contributed by atoms with Crippen molar-refractivity contribution in [2.45, 2.75) is 44.8 Å². The van der Waals surface area contributed by atoms with Gasteiger partial charge in [-0.3, -0.25) is 4.79 Å².